The van der Waals surface area contributed by atoms with Gasteiger partial charge in [-0.25, -0.2) is 8.78 Å². The van der Waals surface area contributed by atoms with Gasteiger partial charge in [0.15, 0.2) is 11.6 Å². The van der Waals surface area contributed by atoms with E-state index in [4.69, 9.17) is 22.7 Å². The predicted octanol–water partition coefficient (Wildman–Crippen LogP) is 1.45. The molecule has 1 saturated heterocycles. The summed E-state index contributed by atoms with van der Waals surface area (Å²) in [6.45, 7) is 1.96. The summed E-state index contributed by atoms with van der Waals surface area (Å²) >= 11 is 4.87. The first-order valence-corrected chi connectivity index (χ1v) is 6.05. The highest BCUT2D eigenvalue weighted by atomic mass is 32.1. The zero-order valence-electron chi connectivity index (χ0n) is 9.73. The van der Waals surface area contributed by atoms with Crippen molar-refractivity contribution in [1.82, 2.24) is 4.90 Å². The van der Waals surface area contributed by atoms with E-state index in [2.05, 4.69) is 0 Å². The van der Waals surface area contributed by atoms with Crippen molar-refractivity contribution in [2.24, 2.45) is 5.73 Å². The lowest BCUT2D eigenvalue weighted by Crippen LogP contribution is -2.47. The van der Waals surface area contributed by atoms with Crippen molar-refractivity contribution in [3.63, 3.8) is 0 Å². The molecule has 0 radical (unpaired) electrons. The van der Waals surface area contributed by atoms with Crippen LogP contribution in [0, 0.1) is 11.6 Å². The lowest BCUT2D eigenvalue weighted by molar-refractivity contribution is 0.00348. The number of nitrogens with two attached hydrogens (primary N) is 1. The Morgan fingerprint density at radius 1 is 1.50 bits per heavy atom. The number of benzene rings is 1. The molecule has 6 heteroatoms. The molecular formula is C12H14F2N2OS. The summed E-state index contributed by atoms with van der Waals surface area (Å²) in [6.07, 6.45) is -0.314. The number of hydrogen-bond acceptors (Lipinski definition) is 3. The molecule has 1 heterocycles. The molecule has 0 aromatic heterocycles. The van der Waals surface area contributed by atoms with Gasteiger partial charge < -0.3 is 10.5 Å². The van der Waals surface area contributed by atoms with Crippen LogP contribution in [-0.4, -0.2) is 35.7 Å². The minimum absolute atomic E-state index is 0.291. The van der Waals surface area contributed by atoms with Gasteiger partial charge in [0.1, 0.15) is 11.1 Å². The molecule has 1 unspecified atom stereocenters. The summed E-state index contributed by atoms with van der Waals surface area (Å²) < 4.78 is 32.0. The first-order valence-electron chi connectivity index (χ1n) is 5.64. The summed E-state index contributed by atoms with van der Waals surface area (Å²) in [5.74, 6) is -1.62. The molecule has 3 nitrogen and oxygen atoms in total. The maximum absolute atomic E-state index is 13.5. The molecule has 1 aliphatic rings. The Bertz CT molecular complexity index is 456. The van der Waals surface area contributed by atoms with Crippen LogP contribution in [0.25, 0.3) is 0 Å². The quantitative estimate of drug-likeness (QED) is 0.845. The molecule has 0 saturated carbocycles. The molecule has 1 fully saturated rings. The lowest BCUT2D eigenvalue weighted by Gasteiger charge is -2.32. The van der Waals surface area contributed by atoms with Gasteiger partial charge in [0, 0.05) is 25.2 Å². The van der Waals surface area contributed by atoms with Crippen LogP contribution in [0.15, 0.2) is 18.2 Å². The highest BCUT2D eigenvalue weighted by molar-refractivity contribution is 7.80. The van der Waals surface area contributed by atoms with Crippen molar-refractivity contribution in [1.29, 1.82) is 0 Å². The van der Waals surface area contributed by atoms with E-state index in [9.17, 15) is 8.78 Å². The number of thiocarbonyl (C=S) groups is 1. The number of morpholine rings is 1. The smallest absolute Gasteiger partial charge is 0.163 e. The lowest BCUT2D eigenvalue weighted by atomic mass is 10.1. The summed E-state index contributed by atoms with van der Waals surface area (Å²) in [5, 5.41) is 0. The van der Waals surface area contributed by atoms with Crippen LogP contribution in [0.4, 0.5) is 8.78 Å². The third-order valence-corrected chi connectivity index (χ3v) is 3.16. The topological polar surface area (TPSA) is 38.5 Å². The van der Waals surface area contributed by atoms with Crippen LogP contribution in [-0.2, 0) is 11.3 Å². The molecule has 2 N–H and O–H groups in total. The maximum atomic E-state index is 13.5. The van der Waals surface area contributed by atoms with Gasteiger partial charge in [-0.1, -0.05) is 24.4 Å². The SMILES string of the molecule is NC(=S)C1CN(Cc2cccc(F)c2F)CCO1. The van der Waals surface area contributed by atoms with Crippen molar-refractivity contribution < 1.29 is 13.5 Å². The van der Waals surface area contributed by atoms with Crippen LogP contribution in [0.5, 0.6) is 0 Å². The Morgan fingerprint density at radius 2 is 2.28 bits per heavy atom. The molecule has 0 bridgehead atoms. The molecule has 1 aromatic carbocycles. The molecular weight excluding hydrogens is 258 g/mol. The Labute approximate surface area is 110 Å². The molecule has 0 amide bonds. The van der Waals surface area contributed by atoms with E-state index in [1.807, 2.05) is 4.90 Å². The second kappa shape index (κ2) is 5.69. The van der Waals surface area contributed by atoms with Gasteiger partial charge in [-0.05, 0) is 6.07 Å². The number of hydrogen-bond donors (Lipinski definition) is 1. The van der Waals surface area contributed by atoms with E-state index in [1.165, 1.54) is 6.07 Å². The first kappa shape index (κ1) is 13.3. The predicted molar refractivity (Wildman–Crippen MR) is 68.2 cm³/mol. The van der Waals surface area contributed by atoms with Crippen LogP contribution < -0.4 is 5.73 Å². The Hall–Kier alpha value is -1.11. The summed E-state index contributed by atoms with van der Waals surface area (Å²) in [7, 11) is 0. The molecule has 0 aliphatic carbocycles. The van der Waals surface area contributed by atoms with E-state index in [0.29, 0.717) is 36.8 Å². The van der Waals surface area contributed by atoms with Gasteiger partial charge in [0.05, 0.1) is 6.61 Å². The second-order valence-corrected chi connectivity index (χ2v) is 4.68. The summed E-state index contributed by atoms with van der Waals surface area (Å²) in [4.78, 5) is 2.24. The highest BCUT2D eigenvalue weighted by Gasteiger charge is 2.23. The number of ether oxygens (including phenoxy) is 1. The number of rotatable bonds is 3. The molecule has 2 rings (SSSR count). The second-order valence-electron chi connectivity index (χ2n) is 4.21. The van der Waals surface area contributed by atoms with Gasteiger partial charge in [0.2, 0.25) is 0 Å². The van der Waals surface area contributed by atoms with Crippen LogP contribution >= 0.6 is 12.2 Å². The van der Waals surface area contributed by atoms with Gasteiger partial charge in [-0.2, -0.15) is 0 Å². The monoisotopic (exact) mass is 272 g/mol. The fourth-order valence-corrected chi connectivity index (χ4v) is 2.07. The van der Waals surface area contributed by atoms with E-state index >= 15 is 0 Å². The average molecular weight is 272 g/mol. The minimum Gasteiger partial charge on any atom is -0.391 e. The molecule has 1 aliphatic heterocycles. The number of halogens is 2. The Kier molecular flexibility index (Phi) is 4.21. The molecule has 1 atom stereocenters. The van der Waals surface area contributed by atoms with Crippen LogP contribution in [0.3, 0.4) is 0 Å². The van der Waals surface area contributed by atoms with Gasteiger partial charge in [-0.15, -0.1) is 0 Å². The summed E-state index contributed by atoms with van der Waals surface area (Å²) in [5.41, 5.74) is 5.85. The van der Waals surface area contributed by atoms with Crippen LogP contribution in [0.2, 0.25) is 0 Å². The zero-order chi connectivity index (χ0) is 13.1. The Balaban J connectivity index is 2.05. The minimum atomic E-state index is -0.827. The van der Waals surface area contributed by atoms with E-state index in [1.54, 1.807) is 6.07 Å². The molecule has 0 spiro atoms. The average Bonchev–Trinajstić information content (AvgIpc) is 2.35. The number of nitrogens with zero attached hydrogens (tertiary/aromatic N) is 1. The molecule has 98 valence electrons. The van der Waals surface area contributed by atoms with Crippen molar-refractivity contribution in [3.8, 4) is 0 Å². The standard InChI is InChI=1S/C12H14F2N2OS/c13-9-3-1-2-8(11(9)14)6-16-4-5-17-10(7-16)12(15)18/h1-3,10H,4-7H2,(H2,15,18). The normalized spacial score (nSPS) is 20.9. The maximum Gasteiger partial charge on any atom is 0.163 e. The van der Waals surface area contributed by atoms with Gasteiger partial charge in [0.25, 0.3) is 0 Å². The van der Waals surface area contributed by atoms with E-state index in [-0.39, 0.29) is 6.10 Å². The Morgan fingerprint density at radius 3 is 3.00 bits per heavy atom. The zero-order valence-corrected chi connectivity index (χ0v) is 10.6. The molecule has 18 heavy (non-hydrogen) atoms. The first-order chi connectivity index (χ1) is 8.58. The summed E-state index contributed by atoms with van der Waals surface area (Å²) in [6, 6.07) is 4.18. The van der Waals surface area contributed by atoms with Gasteiger partial charge in [-0.3, -0.25) is 4.90 Å². The fourth-order valence-electron chi connectivity index (χ4n) is 1.93. The fraction of sp³-hybridized carbons (Fsp3) is 0.417. The van der Waals surface area contributed by atoms with Gasteiger partial charge >= 0.3 is 0 Å². The third kappa shape index (κ3) is 3.01. The third-order valence-electron chi connectivity index (χ3n) is 2.89. The van der Waals surface area contributed by atoms with E-state index < -0.39 is 11.6 Å². The van der Waals surface area contributed by atoms with E-state index in [0.717, 1.165) is 6.07 Å². The largest absolute Gasteiger partial charge is 0.391 e. The van der Waals surface area contributed by atoms with Crippen molar-refractivity contribution in [2.45, 2.75) is 12.6 Å². The molecule has 1 aromatic rings. The van der Waals surface area contributed by atoms with Crippen LogP contribution in [0.1, 0.15) is 5.56 Å². The van der Waals surface area contributed by atoms with Crippen molar-refractivity contribution in [3.05, 3.63) is 35.4 Å². The highest BCUT2D eigenvalue weighted by Crippen LogP contribution is 2.15. The van der Waals surface area contributed by atoms with Crippen molar-refractivity contribution in [2.75, 3.05) is 19.7 Å². The van der Waals surface area contributed by atoms with Crippen molar-refractivity contribution >= 4 is 17.2 Å².